The van der Waals surface area contributed by atoms with Gasteiger partial charge in [0.15, 0.2) is 0 Å². The number of anilines is 2. The second kappa shape index (κ2) is 6.08. The standard InChI is InChI=1S/C19H17NO3/c1-3-23-15-12-8-7-11-14(15)20(2)17-16(18(21)19(17)22)13-9-5-4-6-10-13/h4-12H,3H2,1-2H3. The number of ether oxygens (including phenoxy) is 1. The Balaban J connectivity index is 2.09. The van der Waals surface area contributed by atoms with Crippen molar-refractivity contribution in [3.8, 4) is 16.9 Å². The average Bonchev–Trinajstić information content (AvgIpc) is 2.59. The summed E-state index contributed by atoms with van der Waals surface area (Å²) in [6, 6.07) is 16.7. The lowest BCUT2D eigenvalue weighted by atomic mass is 9.97. The normalized spacial score (nSPS) is 10.7. The summed E-state index contributed by atoms with van der Waals surface area (Å²) in [7, 11) is 1.78. The van der Waals surface area contributed by atoms with Gasteiger partial charge >= 0.3 is 0 Å². The predicted octanol–water partition coefficient (Wildman–Crippen LogP) is 3.12. The van der Waals surface area contributed by atoms with E-state index < -0.39 is 10.9 Å². The van der Waals surface area contributed by atoms with Gasteiger partial charge in [-0.15, -0.1) is 0 Å². The van der Waals surface area contributed by atoms with Crippen LogP contribution in [0.4, 0.5) is 11.4 Å². The zero-order valence-corrected chi connectivity index (χ0v) is 13.1. The Morgan fingerprint density at radius 2 is 1.57 bits per heavy atom. The maximum Gasteiger partial charge on any atom is 0.250 e. The van der Waals surface area contributed by atoms with Gasteiger partial charge in [-0.2, -0.15) is 0 Å². The highest BCUT2D eigenvalue weighted by molar-refractivity contribution is 5.86. The molecule has 0 heterocycles. The third-order valence-corrected chi connectivity index (χ3v) is 3.81. The topological polar surface area (TPSA) is 46.6 Å². The molecule has 3 aromatic rings. The van der Waals surface area contributed by atoms with Gasteiger partial charge in [0.1, 0.15) is 11.4 Å². The Labute approximate surface area is 134 Å². The van der Waals surface area contributed by atoms with Crippen LogP contribution >= 0.6 is 0 Å². The molecule has 0 unspecified atom stereocenters. The van der Waals surface area contributed by atoms with Crippen molar-refractivity contribution in [3.05, 3.63) is 75.0 Å². The van der Waals surface area contributed by atoms with Crippen LogP contribution in [0, 0.1) is 0 Å². The molecule has 23 heavy (non-hydrogen) atoms. The Hall–Kier alpha value is -2.88. The third kappa shape index (κ3) is 2.52. The van der Waals surface area contributed by atoms with Crippen molar-refractivity contribution in [2.75, 3.05) is 18.6 Å². The molecule has 4 heteroatoms. The van der Waals surface area contributed by atoms with Crippen LogP contribution in [0.25, 0.3) is 11.1 Å². The molecule has 0 spiro atoms. The minimum atomic E-state index is -0.461. The Bertz CT molecular complexity index is 893. The number of hydrogen-bond acceptors (Lipinski definition) is 4. The number of benzene rings is 2. The largest absolute Gasteiger partial charge is 0.492 e. The molecule has 0 N–H and O–H groups in total. The molecule has 3 aromatic carbocycles. The number of rotatable bonds is 5. The lowest BCUT2D eigenvalue weighted by Gasteiger charge is -2.25. The fourth-order valence-corrected chi connectivity index (χ4v) is 2.70. The van der Waals surface area contributed by atoms with Gasteiger partial charge in [-0.25, -0.2) is 0 Å². The van der Waals surface area contributed by atoms with Crippen molar-refractivity contribution in [2.45, 2.75) is 6.92 Å². The van der Waals surface area contributed by atoms with E-state index in [0.717, 1.165) is 11.3 Å². The van der Waals surface area contributed by atoms with Crippen molar-refractivity contribution in [1.82, 2.24) is 0 Å². The summed E-state index contributed by atoms with van der Waals surface area (Å²) >= 11 is 0. The van der Waals surface area contributed by atoms with E-state index in [-0.39, 0.29) is 0 Å². The summed E-state index contributed by atoms with van der Waals surface area (Å²) < 4.78 is 5.62. The quantitative estimate of drug-likeness (QED) is 0.680. The molecule has 116 valence electrons. The molecule has 4 nitrogen and oxygen atoms in total. The van der Waals surface area contributed by atoms with Crippen LogP contribution in [-0.4, -0.2) is 13.7 Å². The average molecular weight is 307 g/mol. The Kier molecular flexibility index (Phi) is 3.98. The smallest absolute Gasteiger partial charge is 0.250 e. The number of hydrogen-bond donors (Lipinski definition) is 0. The van der Waals surface area contributed by atoms with Crippen molar-refractivity contribution < 1.29 is 4.74 Å². The molecular weight excluding hydrogens is 290 g/mol. The van der Waals surface area contributed by atoms with E-state index in [2.05, 4.69) is 0 Å². The molecule has 0 saturated heterocycles. The van der Waals surface area contributed by atoms with Gasteiger partial charge in [0.05, 0.1) is 17.9 Å². The molecule has 0 aliphatic rings. The van der Waals surface area contributed by atoms with Crippen LogP contribution in [0.2, 0.25) is 0 Å². The van der Waals surface area contributed by atoms with Crippen LogP contribution in [0.3, 0.4) is 0 Å². The minimum Gasteiger partial charge on any atom is -0.492 e. The van der Waals surface area contributed by atoms with Crippen LogP contribution < -0.4 is 20.5 Å². The summed E-state index contributed by atoms with van der Waals surface area (Å²) in [6.45, 7) is 2.44. The molecule has 0 amide bonds. The molecule has 0 radical (unpaired) electrons. The van der Waals surface area contributed by atoms with Gasteiger partial charge in [0.25, 0.3) is 5.43 Å². The first-order valence-corrected chi connectivity index (χ1v) is 7.49. The summed E-state index contributed by atoms with van der Waals surface area (Å²) in [5, 5.41) is 0. The van der Waals surface area contributed by atoms with E-state index in [0.29, 0.717) is 23.6 Å². The van der Waals surface area contributed by atoms with Gasteiger partial charge in [0, 0.05) is 7.05 Å². The van der Waals surface area contributed by atoms with E-state index >= 15 is 0 Å². The van der Waals surface area contributed by atoms with E-state index in [1.165, 1.54) is 0 Å². The van der Waals surface area contributed by atoms with Gasteiger partial charge in [-0.05, 0) is 24.6 Å². The molecule has 0 fully saturated rings. The van der Waals surface area contributed by atoms with Gasteiger partial charge in [0.2, 0.25) is 5.43 Å². The van der Waals surface area contributed by atoms with Gasteiger partial charge in [-0.3, -0.25) is 9.59 Å². The minimum absolute atomic E-state index is 0.411. The molecule has 0 aliphatic heterocycles. The van der Waals surface area contributed by atoms with Gasteiger partial charge < -0.3 is 9.64 Å². The third-order valence-electron chi connectivity index (χ3n) is 3.81. The fourth-order valence-electron chi connectivity index (χ4n) is 2.70. The van der Waals surface area contributed by atoms with Crippen LogP contribution in [0.15, 0.2) is 64.2 Å². The van der Waals surface area contributed by atoms with Crippen LogP contribution in [-0.2, 0) is 0 Å². The van der Waals surface area contributed by atoms with Gasteiger partial charge in [-0.1, -0.05) is 42.5 Å². The number of para-hydroxylation sites is 2. The van der Waals surface area contributed by atoms with Crippen LogP contribution in [0.5, 0.6) is 5.75 Å². The second-order valence-corrected chi connectivity index (χ2v) is 5.21. The zero-order valence-electron chi connectivity index (χ0n) is 13.1. The molecule has 3 rings (SSSR count). The summed E-state index contributed by atoms with van der Waals surface area (Å²) in [4.78, 5) is 25.9. The highest BCUT2D eigenvalue weighted by Gasteiger charge is 2.26. The van der Waals surface area contributed by atoms with Crippen molar-refractivity contribution in [1.29, 1.82) is 0 Å². The monoisotopic (exact) mass is 307 g/mol. The van der Waals surface area contributed by atoms with Crippen molar-refractivity contribution in [2.24, 2.45) is 0 Å². The highest BCUT2D eigenvalue weighted by atomic mass is 16.5. The number of nitrogens with zero attached hydrogens (tertiary/aromatic N) is 1. The maximum absolute atomic E-state index is 12.1. The molecule has 0 saturated carbocycles. The fraction of sp³-hybridized carbons (Fsp3) is 0.158. The Morgan fingerprint density at radius 3 is 2.26 bits per heavy atom. The van der Waals surface area contributed by atoms with E-state index in [1.807, 2.05) is 61.5 Å². The van der Waals surface area contributed by atoms with E-state index in [9.17, 15) is 9.59 Å². The lowest BCUT2D eigenvalue weighted by molar-refractivity contribution is 0.341. The zero-order chi connectivity index (χ0) is 16.4. The first kappa shape index (κ1) is 15.0. The summed E-state index contributed by atoms with van der Waals surface area (Å²) in [5.74, 6) is 0.685. The van der Waals surface area contributed by atoms with Crippen molar-refractivity contribution >= 4 is 11.4 Å². The summed E-state index contributed by atoms with van der Waals surface area (Å²) in [5.41, 5.74) is 1.49. The van der Waals surface area contributed by atoms with E-state index in [4.69, 9.17) is 4.74 Å². The SMILES string of the molecule is CCOc1ccccc1N(C)c1c(-c2ccccc2)c(=O)c1=O. The molecule has 0 aromatic heterocycles. The molecule has 0 bridgehead atoms. The molecule has 0 atom stereocenters. The maximum atomic E-state index is 12.1. The highest BCUT2D eigenvalue weighted by Crippen LogP contribution is 2.35. The van der Waals surface area contributed by atoms with E-state index in [1.54, 1.807) is 11.9 Å². The first-order valence-electron chi connectivity index (χ1n) is 7.49. The summed E-state index contributed by atoms with van der Waals surface area (Å²) in [6.07, 6.45) is 0. The van der Waals surface area contributed by atoms with Crippen LogP contribution in [0.1, 0.15) is 6.92 Å². The predicted molar refractivity (Wildman–Crippen MR) is 92.5 cm³/mol. The molecular formula is C19H17NO3. The lowest BCUT2D eigenvalue weighted by Crippen LogP contribution is -2.39. The molecule has 0 aliphatic carbocycles. The Morgan fingerprint density at radius 1 is 0.913 bits per heavy atom. The second-order valence-electron chi connectivity index (χ2n) is 5.21. The first-order chi connectivity index (χ1) is 11.1. The van der Waals surface area contributed by atoms with Crippen molar-refractivity contribution in [3.63, 3.8) is 0 Å².